The van der Waals surface area contributed by atoms with Crippen molar-refractivity contribution in [1.29, 1.82) is 0 Å². The number of ether oxygens (including phenoxy) is 2. The third-order valence-corrected chi connectivity index (χ3v) is 10.2. The minimum absolute atomic E-state index is 0.173. The van der Waals surface area contributed by atoms with Gasteiger partial charge in [0.1, 0.15) is 18.0 Å². The van der Waals surface area contributed by atoms with E-state index in [4.69, 9.17) is 21.1 Å². The van der Waals surface area contributed by atoms with Crippen molar-refractivity contribution in [3.8, 4) is 5.75 Å². The van der Waals surface area contributed by atoms with Gasteiger partial charge in [-0.2, -0.15) is 13.2 Å². The first kappa shape index (κ1) is 36.8. The molecular formula is C37H39ClF3NO5S. The monoisotopic (exact) mass is 701 g/mol. The number of benzene rings is 4. The molecule has 6 nitrogen and oxygen atoms in total. The smallest absolute Gasteiger partial charge is 0.416 e. The van der Waals surface area contributed by atoms with Gasteiger partial charge in [-0.1, -0.05) is 54.1 Å². The van der Waals surface area contributed by atoms with Crippen molar-refractivity contribution in [3.05, 3.63) is 124 Å². The summed E-state index contributed by atoms with van der Waals surface area (Å²) in [7, 11) is -4.07. The molecule has 4 rings (SSSR count). The Bertz CT molecular complexity index is 1790. The normalized spacial score (nSPS) is 13.1. The molecule has 2 unspecified atom stereocenters. The minimum Gasteiger partial charge on any atom is -0.483 e. The van der Waals surface area contributed by atoms with Crippen LogP contribution < -0.4 is 9.64 Å². The van der Waals surface area contributed by atoms with Crippen LogP contribution in [0.15, 0.2) is 95.9 Å². The van der Waals surface area contributed by atoms with Crippen molar-refractivity contribution in [2.24, 2.45) is 0 Å². The highest BCUT2D eigenvalue weighted by Gasteiger charge is 2.31. The summed E-state index contributed by atoms with van der Waals surface area (Å²) in [6.45, 7) is 9.83. The van der Waals surface area contributed by atoms with Crippen LogP contribution in [0, 0.1) is 6.92 Å². The molecule has 48 heavy (non-hydrogen) atoms. The number of hydrogen-bond acceptors (Lipinski definition) is 6. The van der Waals surface area contributed by atoms with Gasteiger partial charge in [0.2, 0.25) is 0 Å². The first-order chi connectivity index (χ1) is 22.7. The van der Waals surface area contributed by atoms with Gasteiger partial charge in [0.15, 0.2) is 9.84 Å². The molecule has 0 saturated heterocycles. The van der Waals surface area contributed by atoms with Crippen LogP contribution >= 0.6 is 11.6 Å². The van der Waals surface area contributed by atoms with Crippen LogP contribution in [-0.2, 0) is 32.0 Å². The van der Waals surface area contributed by atoms with E-state index in [9.17, 15) is 26.4 Å². The molecule has 0 saturated carbocycles. The zero-order valence-electron chi connectivity index (χ0n) is 27.3. The number of esters is 1. The molecular weight excluding hydrogens is 663 g/mol. The van der Waals surface area contributed by atoms with E-state index in [-0.39, 0.29) is 28.1 Å². The molecule has 0 spiro atoms. The molecule has 0 aliphatic heterocycles. The van der Waals surface area contributed by atoms with Gasteiger partial charge in [0.05, 0.1) is 21.2 Å². The maximum atomic E-state index is 13.3. The first-order valence-corrected chi connectivity index (χ1v) is 17.7. The van der Waals surface area contributed by atoms with Crippen molar-refractivity contribution < 1.29 is 35.9 Å². The van der Waals surface area contributed by atoms with E-state index in [1.54, 1.807) is 55.5 Å². The van der Waals surface area contributed by atoms with E-state index in [1.807, 2.05) is 6.92 Å². The molecule has 0 fully saturated rings. The van der Waals surface area contributed by atoms with Crippen LogP contribution in [0.1, 0.15) is 67.2 Å². The lowest BCUT2D eigenvalue weighted by Crippen LogP contribution is -2.21. The quantitative estimate of drug-likeness (QED) is 0.122. The van der Waals surface area contributed by atoms with Crippen LogP contribution in [-0.4, -0.2) is 33.2 Å². The number of carbonyl (C=O) groups excluding carboxylic acids is 1. The van der Waals surface area contributed by atoms with E-state index in [1.165, 1.54) is 0 Å². The number of hydrogen-bond donors (Lipinski definition) is 0. The van der Waals surface area contributed by atoms with Gasteiger partial charge in [-0.15, -0.1) is 0 Å². The maximum absolute atomic E-state index is 13.3. The Kier molecular flexibility index (Phi) is 12.2. The predicted molar refractivity (Wildman–Crippen MR) is 182 cm³/mol. The number of rotatable bonds is 14. The van der Waals surface area contributed by atoms with Gasteiger partial charge < -0.3 is 14.4 Å². The van der Waals surface area contributed by atoms with E-state index < -0.39 is 39.5 Å². The number of halogens is 4. The van der Waals surface area contributed by atoms with E-state index in [2.05, 4.69) is 36.9 Å². The lowest BCUT2D eigenvalue weighted by atomic mass is 10.0. The molecule has 0 aromatic heterocycles. The highest BCUT2D eigenvalue weighted by molar-refractivity contribution is 7.91. The molecule has 0 amide bonds. The standard InChI is InChI=1S/C37H39ClF3NO5S/c1-5-42(6-2)31-17-12-27(25(3)22-31)14-21-36(43)46-26(4)29-13-20-34(33(38)23-29)47-35(28-10-8-7-9-11-28)24-48(44,45)32-18-15-30(16-19-32)37(39,40)41/h7-13,15-20,22-23,26,35H,5-6,14,21,24H2,1-4H3. The molecule has 4 aromatic carbocycles. The molecule has 11 heteroatoms. The molecule has 0 aliphatic carbocycles. The van der Waals surface area contributed by atoms with Crippen molar-refractivity contribution >= 4 is 33.1 Å². The Morgan fingerprint density at radius 1 is 0.896 bits per heavy atom. The van der Waals surface area contributed by atoms with Crippen LogP contribution in [0.3, 0.4) is 0 Å². The summed E-state index contributed by atoms with van der Waals surface area (Å²) in [5, 5.41) is 0.173. The third-order valence-electron chi connectivity index (χ3n) is 8.14. The summed E-state index contributed by atoms with van der Waals surface area (Å²) >= 11 is 6.58. The van der Waals surface area contributed by atoms with Gasteiger partial charge >= 0.3 is 12.1 Å². The van der Waals surface area contributed by atoms with Gasteiger partial charge in [-0.3, -0.25) is 4.79 Å². The Morgan fingerprint density at radius 3 is 2.15 bits per heavy atom. The van der Waals surface area contributed by atoms with E-state index >= 15 is 0 Å². The Balaban J connectivity index is 1.43. The fourth-order valence-corrected chi connectivity index (χ4v) is 6.97. The zero-order valence-corrected chi connectivity index (χ0v) is 28.8. The second-order valence-electron chi connectivity index (χ2n) is 11.4. The minimum atomic E-state index is -4.59. The van der Waals surface area contributed by atoms with Crippen molar-refractivity contribution in [1.82, 2.24) is 0 Å². The van der Waals surface area contributed by atoms with Crippen LogP contribution in [0.4, 0.5) is 18.9 Å². The van der Waals surface area contributed by atoms with Crippen molar-refractivity contribution in [3.63, 3.8) is 0 Å². The number of anilines is 1. The molecule has 0 bridgehead atoms. The second-order valence-corrected chi connectivity index (χ2v) is 13.9. The summed E-state index contributed by atoms with van der Waals surface area (Å²) < 4.78 is 77.4. The number of nitrogens with zero attached hydrogens (tertiary/aromatic N) is 1. The van der Waals surface area contributed by atoms with E-state index in [0.717, 1.165) is 54.2 Å². The van der Waals surface area contributed by atoms with E-state index in [0.29, 0.717) is 17.5 Å². The molecule has 0 N–H and O–H groups in total. The average molecular weight is 702 g/mol. The summed E-state index contributed by atoms with van der Waals surface area (Å²) in [6, 6.07) is 23.0. The SMILES string of the molecule is CCN(CC)c1ccc(CCC(=O)OC(C)c2ccc(OC(CS(=O)(=O)c3ccc(C(F)(F)F)cc3)c3ccccc3)c(Cl)c2)c(C)c1. The van der Waals surface area contributed by atoms with Crippen molar-refractivity contribution in [2.75, 3.05) is 23.7 Å². The lowest BCUT2D eigenvalue weighted by molar-refractivity contribution is -0.148. The second kappa shape index (κ2) is 15.9. The fraction of sp³-hybridized carbons (Fsp3) is 0.324. The van der Waals surface area contributed by atoms with Crippen LogP contribution in [0.2, 0.25) is 5.02 Å². The van der Waals surface area contributed by atoms with Gasteiger partial charge in [-0.25, -0.2) is 8.42 Å². The number of alkyl halides is 3. The third kappa shape index (κ3) is 9.54. The molecule has 4 aromatic rings. The van der Waals surface area contributed by atoms with Gasteiger partial charge in [-0.05, 0) is 105 Å². The average Bonchev–Trinajstić information content (AvgIpc) is 3.05. The largest absolute Gasteiger partial charge is 0.483 e. The fourth-order valence-electron chi connectivity index (χ4n) is 5.34. The molecule has 256 valence electrons. The summed E-state index contributed by atoms with van der Waals surface area (Å²) in [4.78, 5) is 14.8. The number of carbonyl (C=O) groups is 1. The Labute approximate surface area is 285 Å². The highest BCUT2D eigenvalue weighted by atomic mass is 35.5. The lowest BCUT2D eigenvalue weighted by Gasteiger charge is -2.22. The Morgan fingerprint density at radius 2 is 1.56 bits per heavy atom. The number of sulfone groups is 1. The highest BCUT2D eigenvalue weighted by Crippen LogP contribution is 2.35. The van der Waals surface area contributed by atoms with Gasteiger partial charge in [0, 0.05) is 25.2 Å². The predicted octanol–water partition coefficient (Wildman–Crippen LogP) is 9.34. The topological polar surface area (TPSA) is 72.9 Å². The zero-order chi connectivity index (χ0) is 35.1. The number of aryl methyl sites for hydroxylation is 2. The summed E-state index contributed by atoms with van der Waals surface area (Å²) in [6.07, 6.45) is -5.48. The summed E-state index contributed by atoms with van der Waals surface area (Å²) in [5.41, 5.74) is 3.55. The molecule has 0 heterocycles. The van der Waals surface area contributed by atoms with Gasteiger partial charge in [0.25, 0.3) is 0 Å². The molecule has 2 atom stereocenters. The summed E-state index contributed by atoms with van der Waals surface area (Å²) in [5.74, 6) is -0.714. The Hall–Kier alpha value is -4.02. The first-order valence-electron chi connectivity index (χ1n) is 15.7. The van der Waals surface area contributed by atoms with Crippen molar-refractivity contribution in [2.45, 2.75) is 63.8 Å². The van der Waals surface area contributed by atoms with Crippen LogP contribution in [0.5, 0.6) is 5.75 Å². The molecule has 0 aliphatic rings. The van der Waals surface area contributed by atoms with Crippen LogP contribution in [0.25, 0.3) is 0 Å². The maximum Gasteiger partial charge on any atom is 0.416 e. The molecule has 0 radical (unpaired) electrons.